The van der Waals surface area contributed by atoms with Crippen LogP contribution in [0.2, 0.25) is 5.02 Å². The summed E-state index contributed by atoms with van der Waals surface area (Å²) < 4.78 is 8.47. The molecule has 5 heteroatoms. The van der Waals surface area contributed by atoms with Crippen LogP contribution in [0, 0.1) is 0 Å². The van der Waals surface area contributed by atoms with E-state index in [1.165, 1.54) is 16.5 Å². The summed E-state index contributed by atoms with van der Waals surface area (Å²) in [6, 6.07) is 16.2. The van der Waals surface area contributed by atoms with E-state index in [2.05, 4.69) is 39.9 Å². The van der Waals surface area contributed by atoms with Crippen molar-refractivity contribution in [2.45, 2.75) is 51.7 Å². The minimum Gasteiger partial charge on any atom is -0.489 e. The number of rotatable bonds is 9. The first-order valence-electron chi connectivity index (χ1n) is 11.3. The molecule has 0 spiro atoms. The standard InChI is InChI=1S/C26H31ClN2O2/c1-20(30)11-12-21-19-29(25-9-4-2-7-23(21)25)16-6-15-28-17-13-22(14-18-28)31-26-10-5-3-8-24(26)27/h2-5,7-10,19,22H,6,11-18H2,1H3. The molecule has 164 valence electrons. The Balaban J connectivity index is 1.27. The minimum absolute atomic E-state index is 0.244. The number of Topliss-reactive ketones (excluding diaryl/α,β-unsaturated/α-hetero) is 1. The summed E-state index contributed by atoms with van der Waals surface area (Å²) in [7, 11) is 0. The average molecular weight is 439 g/mol. The quantitative estimate of drug-likeness (QED) is 0.426. The van der Waals surface area contributed by atoms with Crippen molar-refractivity contribution in [2.75, 3.05) is 19.6 Å². The summed E-state index contributed by atoms with van der Waals surface area (Å²) >= 11 is 6.22. The second-order valence-corrected chi connectivity index (χ2v) is 8.92. The highest BCUT2D eigenvalue weighted by molar-refractivity contribution is 6.32. The molecule has 0 unspecified atom stereocenters. The molecule has 2 heterocycles. The zero-order chi connectivity index (χ0) is 21.6. The monoisotopic (exact) mass is 438 g/mol. The van der Waals surface area contributed by atoms with Gasteiger partial charge in [0.25, 0.3) is 0 Å². The summed E-state index contributed by atoms with van der Waals surface area (Å²) in [4.78, 5) is 14.0. The summed E-state index contributed by atoms with van der Waals surface area (Å²) in [6.07, 6.45) is 7.10. The molecular formula is C26H31ClN2O2. The smallest absolute Gasteiger partial charge is 0.138 e. The largest absolute Gasteiger partial charge is 0.489 e. The number of hydrogen-bond acceptors (Lipinski definition) is 3. The predicted molar refractivity (Wildman–Crippen MR) is 127 cm³/mol. The molecule has 1 aliphatic rings. The molecule has 4 nitrogen and oxygen atoms in total. The lowest BCUT2D eigenvalue weighted by atomic mass is 10.1. The van der Waals surface area contributed by atoms with Crippen LogP contribution in [0.25, 0.3) is 10.9 Å². The van der Waals surface area contributed by atoms with Gasteiger partial charge in [-0.3, -0.25) is 0 Å². The normalized spacial score (nSPS) is 15.4. The number of ether oxygens (including phenoxy) is 1. The fourth-order valence-corrected chi connectivity index (χ4v) is 4.63. The van der Waals surface area contributed by atoms with Gasteiger partial charge in [0.05, 0.1) is 5.02 Å². The van der Waals surface area contributed by atoms with Gasteiger partial charge >= 0.3 is 0 Å². The van der Waals surface area contributed by atoms with E-state index in [0.717, 1.165) is 57.6 Å². The van der Waals surface area contributed by atoms with E-state index in [-0.39, 0.29) is 11.9 Å². The van der Waals surface area contributed by atoms with Gasteiger partial charge in [-0.2, -0.15) is 0 Å². The molecule has 0 atom stereocenters. The molecule has 0 saturated carbocycles. The van der Waals surface area contributed by atoms with E-state index < -0.39 is 0 Å². The fourth-order valence-electron chi connectivity index (χ4n) is 4.45. The number of aryl methyl sites for hydroxylation is 2. The maximum absolute atomic E-state index is 11.4. The zero-order valence-corrected chi connectivity index (χ0v) is 19.0. The van der Waals surface area contributed by atoms with Crippen molar-refractivity contribution in [3.05, 3.63) is 65.3 Å². The van der Waals surface area contributed by atoms with Gasteiger partial charge in [0.1, 0.15) is 17.6 Å². The predicted octanol–water partition coefficient (Wildman–Crippen LogP) is 5.75. The van der Waals surface area contributed by atoms with Crippen LogP contribution in [-0.4, -0.2) is 41.0 Å². The van der Waals surface area contributed by atoms with Crippen LogP contribution in [0.1, 0.15) is 38.2 Å². The number of nitrogens with zero attached hydrogens (tertiary/aromatic N) is 2. The Bertz CT molecular complexity index is 1020. The summed E-state index contributed by atoms with van der Waals surface area (Å²) in [5.74, 6) is 1.04. The van der Waals surface area contributed by atoms with Gasteiger partial charge in [-0.05, 0) is 62.9 Å². The van der Waals surface area contributed by atoms with Gasteiger partial charge in [0, 0.05) is 43.2 Å². The van der Waals surface area contributed by atoms with E-state index >= 15 is 0 Å². The molecule has 0 bridgehead atoms. The lowest BCUT2D eigenvalue weighted by Crippen LogP contribution is -2.39. The number of fused-ring (bicyclic) bond motifs is 1. The summed E-state index contributed by atoms with van der Waals surface area (Å²) in [5, 5.41) is 1.97. The van der Waals surface area contributed by atoms with Crippen LogP contribution in [-0.2, 0) is 17.8 Å². The van der Waals surface area contributed by atoms with E-state index in [1.54, 1.807) is 6.92 Å². The van der Waals surface area contributed by atoms with Gasteiger partial charge in [0.2, 0.25) is 0 Å². The number of hydrogen-bond donors (Lipinski definition) is 0. The van der Waals surface area contributed by atoms with Crippen LogP contribution in [0.3, 0.4) is 0 Å². The number of ketones is 1. The number of carbonyl (C=O) groups is 1. The Morgan fingerprint density at radius 3 is 2.58 bits per heavy atom. The molecule has 2 aromatic carbocycles. The SMILES string of the molecule is CC(=O)CCc1cn(CCCN2CCC(Oc3ccccc3Cl)CC2)c2ccccc12. The number of halogens is 1. The molecule has 1 aliphatic heterocycles. The molecular weight excluding hydrogens is 408 g/mol. The second kappa shape index (κ2) is 10.3. The molecule has 0 N–H and O–H groups in total. The highest BCUT2D eigenvalue weighted by Gasteiger charge is 2.21. The first kappa shape index (κ1) is 21.9. The molecule has 1 fully saturated rings. The van der Waals surface area contributed by atoms with Gasteiger partial charge < -0.3 is 19.0 Å². The molecule has 31 heavy (non-hydrogen) atoms. The molecule has 3 aromatic rings. The van der Waals surface area contributed by atoms with E-state index in [0.29, 0.717) is 11.4 Å². The molecule has 0 amide bonds. The third kappa shape index (κ3) is 5.69. The topological polar surface area (TPSA) is 34.5 Å². The average Bonchev–Trinajstić information content (AvgIpc) is 3.13. The van der Waals surface area contributed by atoms with Crippen LogP contribution >= 0.6 is 11.6 Å². The fraction of sp³-hybridized carbons (Fsp3) is 0.423. The van der Waals surface area contributed by atoms with Gasteiger partial charge in [-0.1, -0.05) is 41.9 Å². The first-order chi connectivity index (χ1) is 15.1. The third-order valence-corrected chi connectivity index (χ3v) is 6.47. The second-order valence-electron chi connectivity index (χ2n) is 8.51. The zero-order valence-electron chi connectivity index (χ0n) is 18.2. The minimum atomic E-state index is 0.244. The lowest BCUT2D eigenvalue weighted by molar-refractivity contribution is -0.116. The Hall–Kier alpha value is -2.30. The number of carbonyl (C=O) groups excluding carboxylic acids is 1. The van der Waals surface area contributed by atoms with Crippen LogP contribution in [0.5, 0.6) is 5.75 Å². The Kier molecular flexibility index (Phi) is 7.31. The maximum atomic E-state index is 11.4. The van der Waals surface area contributed by atoms with Crippen molar-refractivity contribution >= 4 is 28.3 Å². The number of piperidine rings is 1. The van der Waals surface area contributed by atoms with Crippen molar-refractivity contribution in [1.82, 2.24) is 9.47 Å². The molecule has 0 aliphatic carbocycles. The van der Waals surface area contributed by atoms with E-state index in [1.807, 2.05) is 24.3 Å². The van der Waals surface area contributed by atoms with Crippen molar-refractivity contribution in [3.63, 3.8) is 0 Å². The van der Waals surface area contributed by atoms with Gasteiger partial charge in [-0.25, -0.2) is 0 Å². The summed E-state index contributed by atoms with van der Waals surface area (Å²) in [6.45, 7) is 5.88. The van der Waals surface area contributed by atoms with Crippen molar-refractivity contribution in [3.8, 4) is 5.75 Å². The molecule has 1 saturated heterocycles. The Morgan fingerprint density at radius 2 is 1.81 bits per heavy atom. The van der Waals surface area contributed by atoms with Gasteiger partial charge in [-0.15, -0.1) is 0 Å². The molecule has 1 aromatic heterocycles. The first-order valence-corrected chi connectivity index (χ1v) is 11.7. The number of aromatic nitrogens is 1. The Labute approximate surface area is 189 Å². The maximum Gasteiger partial charge on any atom is 0.138 e. The van der Waals surface area contributed by atoms with Crippen LogP contribution in [0.4, 0.5) is 0 Å². The molecule has 4 rings (SSSR count). The molecule has 0 radical (unpaired) electrons. The number of benzene rings is 2. The number of para-hydroxylation sites is 2. The highest BCUT2D eigenvalue weighted by atomic mass is 35.5. The lowest BCUT2D eigenvalue weighted by Gasteiger charge is -2.32. The third-order valence-electron chi connectivity index (χ3n) is 6.16. The van der Waals surface area contributed by atoms with E-state index in [9.17, 15) is 4.79 Å². The van der Waals surface area contributed by atoms with Crippen molar-refractivity contribution < 1.29 is 9.53 Å². The highest BCUT2D eigenvalue weighted by Crippen LogP contribution is 2.27. The van der Waals surface area contributed by atoms with Crippen molar-refractivity contribution in [1.29, 1.82) is 0 Å². The van der Waals surface area contributed by atoms with Crippen LogP contribution < -0.4 is 4.74 Å². The summed E-state index contributed by atoms with van der Waals surface area (Å²) in [5.41, 5.74) is 2.55. The van der Waals surface area contributed by atoms with E-state index in [4.69, 9.17) is 16.3 Å². The Morgan fingerprint density at radius 1 is 1.06 bits per heavy atom. The van der Waals surface area contributed by atoms with Crippen LogP contribution in [0.15, 0.2) is 54.7 Å². The number of likely N-dealkylation sites (tertiary alicyclic amines) is 1. The van der Waals surface area contributed by atoms with Gasteiger partial charge in [0.15, 0.2) is 0 Å². The van der Waals surface area contributed by atoms with Crippen molar-refractivity contribution in [2.24, 2.45) is 0 Å².